The Kier molecular flexibility index (Phi) is 7.04. The van der Waals surface area contributed by atoms with Gasteiger partial charge in [0.15, 0.2) is 0 Å². The van der Waals surface area contributed by atoms with E-state index < -0.39 is 11.9 Å². The van der Waals surface area contributed by atoms with Crippen LogP contribution in [0.15, 0.2) is 82.4 Å². The van der Waals surface area contributed by atoms with Crippen molar-refractivity contribution in [2.75, 3.05) is 0 Å². The molecule has 0 fully saturated rings. The van der Waals surface area contributed by atoms with Gasteiger partial charge < -0.3 is 14.2 Å². The van der Waals surface area contributed by atoms with E-state index >= 15 is 0 Å². The molecule has 1 aliphatic carbocycles. The van der Waals surface area contributed by atoms with Gasteiger partial charge in [0, 0.05) is 47.9 Å². The largest absolute Gasteiger partial charge is 0.331 e. The summed E-state index contributed by atoms with van der Waals surface area (Å²) in [6.45, 7) is 6.56. The van der Waals surface area contributed by atoms with Gasteiger partial charge in [-0.3, -0.25) is 4.79 Å². The van der Waals surface area contributed by atoms with Crippen molar-refractivity contribution in [1.82, 2.24) is 4.57 Å². The number of ketones is 1. The summed E-state index contributed by atoms with van der Waals surface area (Å²) < 4.78 is 2.18. The van der Waals surface area contributed by atoms with Crippen LogP contribution in [0.1, 0.15) is 72.0 Å². The van der Waals surface area contributed by atoms with E-state index in [-0.39, 0.29) is 11.7 Å². The number of rotatable bonds is 6. The second kappa shape index (κ2) is 10.8. The molecule has 5 aromatic rings. The molecule has 8 nitrogen and oxygen atoms in total. The molecule has 210 valence electrons. The monoisotopic (exact) mass is 577 g/mol. The summed E-state index contributed by atoms with van der Waals surface area (Å²) in [6.07, 6.45) is 0.658. The molecule has 1 atom stereocenters. The number of carbonyl (C=O) groups is 3. The number of hydrogen-bond acceptors (Lipinski definition) is 8. The number of carbonyl (C=O) groups excluding carboxylic acids is 3. The van der Waals surface area contributed by atoms with E-state index in [4.69, 9.17) is 9.68 Å². The van der Waals surface area contributed by atoms with Gasteiger partial charge in [-0.05, 0) is 77.9 Å². The van der Waals surface area contributed by atoms with Gasteiger partial charge in [0.05, 0.1) is 27.3 Å². The number of nitrogens with zero attached hydrogens (tertiary/aromatic N) is 3. The van der Waals surface area contributed by atoms with E-state index in [9.17, 15) is 14.4 Å². The van der Waals surface area contributed by atoms with Crippen LogP contribution in [0, 0.1) is 0 Å². The molecule has 3 aromatic carbocycles. The maximum Gasteiger partial charge on any atom is 0.331 e. The van der Waals surface area contributed by atoms with Crippen molar-refractivity contribution in [3.8, 4) is 5.69 Å². The number of oxime groups is 2. The van der Waals surface area contributed by atoms with Gasteiger partial charge in [0.1, 0.15) is 0 Å². The fourth-order valence-electron chi connectivity index (χ4n) is 5.46. The third-order valence-corrected chi connectivity index (χ3v) is 8.29. The highest BCUT2D eigenvalue weighted by Gasteiger charge is 2.28. The molecule has 0 saturated carbocycles. The zero-order chi connectivity index (χ0) is 29.5. The Balaban J connectivity index is 1.55. The quantitative estimate of drug-likeness (QED) is 0.0925. The Hall–Kier alpha value is -4.89. The smallest absolute Gasteiger partial charge is 0.318 e. The van der Waals surface area contributed by atoms with Crippen LogP contribution in [-0.4, -0.2) is 33.7 Å². The molecule has 0 N–H and O–H groups in total. The van der Waals surface area contributed by atoms with E-state index in [1.54, 1.807) is 6.92 Å². The number of hydrogen-bond donors (Lipinski definition) is 0. The molecule has 2 aromatic heterocycles. The molecule has 1 aliphatic rings. The van der Waals surface area contributed by atoms with E-state index in [2.05, 4.69) is 33.9 Å². The highest BCUT2D eigenvalue weighted by atomic mass is 32.1. The molecule has 0 radical (unpaired) electrons. The van der Waals surface area contributed by atoms with E-state index in [0.29, 0.717) is 22.6 Å². The normalized spacial score (nSPS) is 15.8. The van der Waals surface area contributed by atoms with Crippen LogP contribution in [0.2, 0.25) is 0 Å². The van der Waals surface area contributed by atoms with Crippen molar-refractivity contribution in [2.24, 2.45) is 10.3 Å². The van der Waals surface area contributed by atoms with Gasteiger partial charge >= 0.3 is 11.9 Å². The highest BCUT2D eigenvalue weighted by molar-refractivity contribution is 7.12. The van der Waals surface area contributed by atoms with Crippen LogP contribution in [0.4, 0.5) is 0 Å². The summed E-state index contributed by atoms with van der Waals surface area (Å²) in [7, 11) is 0. The first kappa shape index (κ1) is 27.3. The van der Waals surface area contributed by atoms with Crippen LogP contribution in [0.25, 0.3) is 27.5 Å². The molecule has 9 heteroatoms. The zero-order valence-electron chi connectivity index (χ0n) is 23.5. The number of fused-ring (bicyclic) bond motifs is 4. The molecule has 42 heavy (non-hydrogen) atoms. The maximum atomic E-state index is 13.3. The summed E-state index contributed by atoms with van der Waals surface area (Å²) in [5.41, 5.74) is 7.67. The highest BCUT2D eigenvalue weighted by Crippen LogP contribution is 2.41. The molecule has 0 spiro atoms. The van der Waals surface area contributed by atoms with Crippen molar-refractivity contribution in [1.29, 1.82) is 0 Å². The van der Waals surface area contributed by atoms with Crippen molar-refractivity contribution in [3.63, 3.8) is 0 Å². The van der Waals surface area contributed by atoms with E-state index in [0.717, 1.165) is 49.9 Å². The predicted molar refractivity (Wildman–Crippen MR) is 164 cm³/mol. The first-order valence-corrected chi connectivity index (χ1v) is 14.4. The lowest BCUT2D eigenvalue weighted by atomic mass is 10.00. The minimum absolute atomic E-state index is 0.0217. The Bertz CT molecular complexity index is 1950. The molecule has 0 saturated heterocycles. The van der Waals surface area contributed by atoms with Crippen molar-refractivity contribution in [3.05, 3.63) is 99.2 Å². The lowest BCUT2D eigenvalue weighted by Crippen LogP contribution is -2.01. The zero-order valence-corrected chi connectivity index (χ0v) is 24.3. The van der Waals surface area contributed by atoms with Crippen LogP contribution in [-0.2, 0) is 19.3 Å². The summed E-state index contributed by atoms with van der Waals surface area (Å²) in [5, 5.41) is 11.9. The molecule has 2 heterocycles. The number of benzene rings is 3. The van der Waals surface area contributed by atoms with Crippen molar-refractivity contribution >= 4 is 62.3 Å². The molecule has 1 unspecified atom stereocenters. The molecular weight excluding hydrogens is 550 g/mol. The van der Waals surface area contributed by atoms with Gasteiger partial charge in [-0.1, -0.05) is 35.4 Å². The fourth-order valence-corrected chi connectivity index (χ4v) is 6.15. The van der Waals surface area contributed by atoms with Gasteiger partial charge in [0.25, 0.3) is 0 Å². The second-order valence-corrected chi connectivity index (χ2v) is 11.3. The third kappa shape index (κ3) is 4.92. The van der Waals surface area contributed by atoms with E-state index in [1.165, 1.54) is 25.2 Å². The molecule has 6 rings (SSSR count). The average molecular weight is 578 g/mol. The predicted octanol–water partition coefficient (Wildman–Crippen LogP) is 7.14. The SMILES string of the molecule is CC(=O)ON=C(C)c1ccc(-n2c3ccc(C(=O)c4cccs4)cc3c3cc4c(cc32)C(C)C/C4=N\OC(C)=O)cc1. The Morgan fingerprint density at radius 1 is 0.857 bits per heavy atom. The van der Waals surface area contributed by atoms with Crippen LogP contribution >= 0.6 is 11.3 Å². The first-order valence-electron chi connectivity index (χ1n) is 13.5. The lowest BCUT2D eigenvalue weighted by molar-refractivity contribution is -0.141. The van der Waals surface area contributed by atoms with Gasteiger partial charge in [-0.2, -0.15) is 0 Å². The van der Waals surface area contributed by atoms with Crippen LogP contribution < -0.4 is 0 Å². The fraction of sp³-hybridized carbons (Fsp3) is 0.182. The third-order valence-electron chi connectivity index (χ3n) is 7.42. The lowest BCUT2D eigenvalue weighted by Gasteiger charge is -2.11. The van der Waals surface area contributed by atoms with Gasteiger partial charge in [-0.25, -0.2) is 9.59 Å². The summed E-state index contributed by atoms with van der Waals surface area (Å²) in [5.74, 6) is -0.777. The minimum atomic E-state index is -0.476. The summed E-state index contributed by atoms with van der Waals surface area (Å²) in [6, 6.07) is 21.6. The number of thiophene rings is 1. The average Bonchev–Trinajstić information content (AvgIpc) is 3.70. The second-order valence-electron chi connectivity index (χ2n) is 10.4. The topological polar surface area (TPSA) is 99.3 Å². The Labute approximate surface area is 245 Å². The number of aromatic nitrogens is 1. The minimum Gasteiger partial charge on any atom is -0.318 e. The summed E-state index contributed by atoms with van der Waals surface area (Å²) in [4.78, 5) is 46.5. The van der Waals surface area contributed by atoms with Crippen molar-refractivity contribution in [2.45, 2.75) is 40.0 Å². The Morgan fingerprint density at radius 3 is 2.26 bits per heavy atom. The maximum absolute atomic E-state index is 13.3. The standard InChI is InChI=1S/C33H27N3O5S/c1-18-14-29(35-41-21(4)38)26-16-28-27-15-23(33(39)32-6-5-13-42-32)9-12-30(27)36(31(28)17-25(18)26)24-10-7-22(8-11-24)19(2)34-40-20(3)37/h5-13,15-18H,14H2,1-4H3/b34-19?,35-29+. The molecule has 0 amide bonds. The first-order chi connectivity index (χ1) is 20.2. The van der Waals surface area contributed by atoms with Crippen LogP contribution in [0.3, 0.4) is 0 Å². The molecule has 0 bridgehead atoms. The summed E-state index contributed by atoms with van der Waals surface area (Å²) >= 11 is 1.42. The van der Waals surface area contributed by atoms with Gasteiger partial charge in [-0.15, -0.1) is 11.3 Å². The molecular formula is C33H27N3O5S. The molecule has 0 aliphatic heterocycles. The van der Waals surface area contributed by atoms with E-state index in [1.807, 2.05) is 60.0 Å². The Morgan fingerprint density at radius 2 is 1.57 bits per heavy atom. The van der Waals surface area contributed by atoms with Crippen LogP contribution in [0.5, 0.6) is 0 Å². The van der Waals surface area contributed by atoms with Crippen molar-refractivity contribution < 1.29 is 24.1 Å². The van der Waals surface area contributed by atoms with Gasteiger partial charge in [0.2, 0.25) is 5.78 Å².